The largest absolute Gasteiger partial charge is 0.388 e. The first kappa shape index (κ1) is 20.8. The van der Waals surface area contributed by atoms with Gasteiger partial charge in [0.05, 0.1) is 5.60 Å². The number of rotatable bonds is 8. The summed E-state index contributed by atoms with van der Waals surface area (Å²) in [5, 5.41) is 22.6. The first-order valence-electron chi connectivity index (χ1n) is 9.08. The van der Waals surface area contributed by atoms with Crippen molar-refractivity contribution >= 4 is 12.0 Å². The average molecular weight is 368 g/mol. The maximum absolute atomic E-state index is 12.1. The van der Waals surface area contributed by atoms with Gasteiger partial charge in [-0.2, -0.15) is 0 Å². The molecule has 2 aromatic carbocycles. The van der Waals surface area contributed by atoms with Crippen LogP contribution >= 0.6 is 0 Å². The van der Waals surface area contributed by atoms with Crippen molar-refractivity contribution in [1.82, 2.24) is 10.8 Å². The molecule has 0 radical (unpaired) electrons. The fraction of sp³-hybridized carbons (Fsp3) is 0.318. The van der Waals surface area contributed by atoms with Crippen LogP contribution in [0.3, 0.4) is 0 Å². The third kappa shape index (κ3) is 4.83. The lowest BCUT2D eigenvalue weighted by molar-refractivity contribution is -0.147. The summed E-state index contributed by atoms with van der Waals surface area (Å²) >= 11 is 0. The number of carbonyl (C=O) groups is 1. The highest BCUT2D eigenvalue weighted by Crippen LogP contribution is 2.25. The lowest BCUT2D eigenvalue weighted by atomic mass is 9.79. The molecule has 5 nitrogen and oxygen atoms in total. The highest BCUT2D eigenvalue weighted by Gasteiger charge is 2.47. The van der Waals surface area contributed by atoms with Gasteiger partial charge in [-0.15, -0.1) is 0 Å². The summed E-state index contributed by atoms with van der Waals surface area (Å²) in [4.78, 5) is 12.1. The van der Waals surface area contributed by atoms with Crippen LogP contribution in [-0.2, 0) is 4.79 Å². The Morgan fingerprint density at radius 3 is 2.19 bits per heavy atom. The summed E-state index contributed by atoms with van der Waals surface area (Å²) in [6.07, 6.45) is 4.18. The first-order valence-corrected chi connectivity index (χ1v) is 9.08. The zero-order valence-corrected chi connectivity index (χ0v) is 16.1. The molecule has 0 bridgehead atoms. The molecule has 0 saturated heterocycles. The van der Waals surface area contributed by atoms with E-state index in [0.29, 0.717) is 13.0 Å². The van der Waals surface area contributed by atoms with Gasteiger partial charge < -0.3 is 5.11 Å². The number of hydroxylamine groups is 1. The predicted octanol–water partition coefficient (Wildman–Crippen LogP) is 3.38. The van der Waals surface area contributed by atoms with Crippen LogP contribution in [0.4, 0.5) is 0 Å². The number of nitrogens with one attached hydrogen (secondary N) is 2. The van der Waals surface area contributed by atoms with Crippen molar-refractivity contribution < 1.29 is 15.1 Å². The van der Waals surface area contributed by atoms with Crippen molar-refractivity contribution in [2.45, 2.75) is 38.3 Å². The van der Waals surface area contributed by atoms with E-state index < -0.39 is 17.0 Å². The second-order valence-corrected chi connectivity index (χ2v) is 6.96. The molecule has 0 saturated carbocycles. The first-order chi connectivity index (χ1) is 12.8. The highest BCUT2D eigenvalue weighted by molar-refractivity contribution is 5.86. The zero-order chi connectivity index (χ0) is 19.9. The van der Waals surface area contributed by atoms with Gasteiger partial charge in [-0.3, -0.25) is 15.3 Å². The van der Waals surface area contributed by atoms with Crippen molar-refractivity contribution in [3.63, 3.8) is 0 Å². The van der Waals surface area contributed by atoms with E-state index in [-0.39, 0.29) is 0 Å². The van der Waals surface area contributed by atoms with Crippen LogP contribution in [0.5, 0.6) is 0 Å². The number of carbonyl (C=O) groups excluding carboxylic acids is 1. The van der Waals surface area contributed by atoms with E-state index in [1.54, 1.807) is 26.3 Å². The topological polar surface area (TPSA) is 81.6 Å². The minimum absolute atomic E-state index is 0.356. The van der Waals surface area contributed by atoms with Crippen molar-refractivity contribution in [3.8, 4) is 11.1 Å². The molecular formula is C22H28N2O3. The second-order valence-electron chi connectivity index (χ2n) is 6.96. The summed E-state index contributed by atoms with van der Waals surface area (Å²) in [5.74, 6) is -0.671. The molecule has 4 N–H and O–H groups in total. The van der Waals surface area contributed by atoms with Gasteiger partial charge in [0.2, 0.25) is 0 Å². The Hall–Kier alpha value is -2.47. The lowest BCUT2D eigenvalue weighted by Gasteiger charge is -2.40. The van der Waals surface area contributed by atoms with Crippen molar-refractivity contribution in [2.24, 2.45) is 0 Å². The van der Waals surface area contributed by atoms with Gasteiger partial charge in [0, 0.05) is 6.54 Å². The predicted molar refractivity (Wildman–Crippen MR) is 108 cm³/mol. The molecule has 2 rings (SSSR count). The van der Waals surface area contributed by atoms with Crippen LogP contribution in [0.15, 0.2) is 60.7 Å². The summed E-state index contributed by atoms with van der Waals surface area (Å²) in [6.45, 7) is 5.29. The highest BCUT2D eigenvalue weighted by atomic mass is 16.5. The van der Waals surface area contributed by atoms with Gasteiger partial charge in [-0.1, -0.05) is 73.7 Å². The Morgan fingerprint density at radius 2 is 1.63 bits per heavy atom. The van der Waals surface area contributed by atoms with Crippen LogP contribution in [0.1, 0.15) is 32.8 Å². The molecule has 0 fully saturated rings. The van der Waals surface area contributed by atoms with E-state index in [2.05, 4.69) is 29.6 Å². The number of benzene rings is 2. The van der Waals surface area contributed by atoms with Crippen LogP contribution in [0.25, 0.3) is 17.2 Å². The Bertz CT molecular complexity index is 770. The summed E-state index contributed by atoms with van der Waals surface area (Å²) in [6, 6.07) is 18.3. The molecule has 2 atom stereocenters. The quantitative estimate of drug-likeness (QED) is 0.425. The number of aliphatic hydroxyl groups is 1. The minimum atomic E-state index is -1.32. The van der Waals surface area contributed by atoms with Crippen LogP contribution in [0, 0.1) is 0 Å². The van der Waals surface area contributed by atoms with Gasteiger partial charge in [-0.25, -0.2) is 5.48 Å². The normalized spacial score (nSPS) is 15.9. The smallest absolute Gasteiger partial charge is 0.266 e. The molecule has 0 aliphatic rings. The van der Waals surface area contributed by atoms with Gasteiger partial charge in [-0.05, 0) is 37.0 Å². The molecule has 144 valence electrons. The number of hydrogen-bond donors (Lipinski definition) is 4. The SMILES string of the molecule is CCC(C)(O)C(C)(NCC=Cc1ccc(-c2ccccc2)cc1)C(=O)NO. The molecule has 5 heteroatoms. The van der Waals surface area contributed by atoms with Gasteiger partial charge in [0.15, 0.2) is 0 Å². The van der Waals surface area contributed by atoms with Crippen molar-refractivity contribution in [1.29, 1.82) is 0 Å². The Labute approximate surface area is 160 Å². The van der Waals surface area contributed by atoms with E-state index in [1.807, 2.05) is 42.5 Å². The molecule has 2 unspecified atom stereocenters. The summed E-state index contributed by atoms with van der Waals surface area (Å²) in [7, 11) is 0. The fourth-order valence-corrected chi connectivity index (χ4v) is 2.86. The maximum atomic E-state index is 12.1. The van der Waals surface area contributed by atoms with E-state index in [9.17, 15) is 9.90 Å². The lowest BCUT2D eigenvalue weighted by Crippen LogP contribution is -2.67. The molecule has 0 spiro atoms. The monoisotopic (exact) mass is 368 g/mol. The third-order valence-corrected chi connectivity index (χ3v) is 5.22. The maximum Gasteiger partial charge on any atom is 0.266 e. The Balaban J connectivity index is 2.03. The summed E-state index contributed by atoms with van der Waals surface area (Å²) < 4.78 is 0. The standard InChI is InChI=1S/C22H28N2O3/c1-4-21(2,26)22(3,20(25)24-27)23-16-8-9-17-12-14-19(15-13-17)18-10-6-5-7-11-18/h5-15,23,26-27H,4,16H2,1-3H3,(H,24,25). The molecule has 0 heterocycles. The van der Waals surface area contributed by atoms with Crippen LogP contribution in [0.2, 0.25) is 0 Å². The number of hydrogen-bond acceptors (Lipinski definition) is 4. The molecular weight excluding hydrogens is 340 g/mol. The fourth-order valence-electron chi connectivity index (χ4n) is 2.86. The molecule has 1 amide bonds. The molecule has 27 heavy (non-hydrogen) atoms. The van der Waals surface area contributed by atoms with Gasteiger partial charge in [0.1, 0.15) is 5.54 Å². The second kappa shape index (κ2) is 8.95. The Morgan fingerprint density at radius 1 is 1.04 bits per heavy atom. The van der Waals surface area contributed by atoms with E-state index in [4.69, 9.17) is 5.21 Å². The van der Waals surface area contributed by atoms with E-state index >= 15 is 0 Å². The van der Waals surface area contributed by atoms with E-state index in [1.165, 1.54) is 5.56 Å². The van der Waals surface area contributed by atoms with Crippen LogP contribution < -0.4 is 10.8 Å². The average Bonchev–Trinajstić information content (AvgIpc) is 2.71. The molecule has 0 aromatic heterocycles. The zero-order valence-electron chi connectivity index (χ0n) is 16.1. The van der Waals surface area contributed by atoms with Crippen LogP contribution in [-0.4, -0.2) is 33.9 Å². The van der Waals surface area contributed by atoms with Crippen molar-refractivity contribution in [2.75, 3.05) is 6.54 Å². The van der Waals surface area contributed by atoms with Gasteiger partial charge >= 0.3 is 0 Å². The minimum Gasteiger partial charge on any atom is -0.388 e. The summed E-state index contributed by atoms with van der Waals surface area (Å²) in [5.41, 5.74) is 2.36. The van der Waals surface area contributed by atoms with E-state index in [0.717, 1.165) is 11.1 Å². The molecule has 0 aliphatic heterocycles. The number of amides is 1. The molecule has 2 aromatic rings. The molecule has 0 aliphatic carbocycles. The van der Waals surface area contributed by atoms with Gasteiger partial charge in [0.25, 0.3) is 5.91 Å². The van der Waals surface area contributed by atoms with Crippen molar-refractivity contribution in [3.05, 3.63) is 66.2 Å². The Kier molecular flexibility index (Phi) is 6.91. The third-order valence-electron chi connectivity index (χ3n) is 5.22.